The average molecular weight is 418 g/mol. The van der Waals surface area contributed by atoms with Crippen LogP contribution < -0.4 is 9.62 Å². The van der Waals surface area contributed by atoms with Gasteiger partial charge in [0.05, 0.1) is 18.5 Å². The molecule has 2 aromatic carbocycles. The second-order valence-corrected chi connectivity index (χ2v) is 9.03. The van der Waals surface area contributed by atoms with Crippen molar-refractivity contribution in [3.63, 3.8) is 0 Å². The first-order valence-electron chi connectivity index (χ1n) is 9.14. The lowest BCUT2D eigenvalue weighted by Gasteiger charge is -2.26. The molecule has 8 heteroatoms. The Morgan fingerprint density at radius 2 is 1.45 bits per heavy atom. The topological polar surface area (TPSA) is 86.8 Å². The molecule has 0 unspecified atom stereocenters. The van der Waals surface area contributed by atoms with Gasteiger partial charge in [-0.3, -0.25) is 13.9 Å². The zero-order valence-corrected chi connectivity index (χ0v) is 18.2. The molecular formula is C21H27N3O4S. The first-order valence-corrected chi connectivity index (χ1v) is 11.0. The van der Waals surface area contributed by atoms with Crippen LogP contribution in [-0.2, 0) is 19.6 Å². The van der Waals surface area contributed by atoms with E-state index in [1.807, 2.05) is 32.0 Å². The minimum Gasteiger partial charge on any atom is -0.335 e. The number of para-hydroxylation sites is 2. The van der Waals surface area contributed by atoms with Gasteiger partial charge in [-0.2, -0.15) is 0 Å². The molecule has 2 amide bonds. The third-order valence-electron chi connectivity index (χ3n) is 4.62. The van der Waals surface area contributed by atoms with Crippen LogP contribution in [0.25, 0.3) is 0 Å². The quantitative estimate of drug-likeness (QED) is 0.750. The van der Waals surface area contributed by atoms with E-state index in [-0.39, 0.29) is 19.0 Å². The molecule has 0 radical (unpaired) electrons. The monoisotopic (exact) mass is 417 g/mol. The number of sulfonamides is 1. The lowest BCUT2D eigenvalue weighted by atomic mass is 10.1. The van der Waals surface area contributed by atoms with Gasteiger partial charge in [0, 0.05) is 12.7 Å². The minimum atomic E-state index is -3.67. The van der Waals surface area contributed by atoms with Gasteiger partial charge in [-0.05, 0) is 43.5 Å². The summed E-state index contributed by atoms with van der Waals surface area (Å²) in [7, 11) is -2.19. The molecule has 0 spiro atoms. The van der Waals surface area contributed by atoms with Gasteiger partial charge in [-0.25, -0.2) is 8.42 Å². The summed E-state index contributed by atoms with van der Waals surface area (Å²) in [5, 5.41) is 2.82. The van der Waals surface area contributed by atoms with E-state index in [9.17, 15) is 18.0 Å². The summed E-state index contributed by atoms with van der Waals surface area (Å²) in [4.78, 5) is 26.3. The molecule has 0 atom stereocenters. The predicted molar refractivity (Wildman–Crippen MR) is 116 cm³/mol. The van der Waals surface area contributed by atoms with Crippen LogP contribution >= 0.6 is 0 Å². The molecule has 0 heterocycles. The molecule has 0 aliphatic carbocycles. The zero-order valence-electron chi connectivity index (χ0n) is 17.4. The van der Waals surface area contributed by atoms with Crippen LogP contribution in [0, 0.1) is 20.8 Å². The number of hydrogen-bond acceptors (Lipinski definition) is 4. The number of rotatable bonds is 7. The number of carbonyl (C=O) groups is 2. The normalized spacial score (nSPS) is 11.1. The number of anilines is 2. The van der Waals surface area contributed by atoms with Crippen molar-refractivity contribution in [1.82, 2.24) is 4.90 Å². The fourth-order valence-corrected chi connectivity index (χ4v) is 3.87. The van der Waals surface area contributed by atoms with Crippen molar-refractivity contribution in [2.24, 2.45) is 0 Å². The third-order valence-corrected chi connectivity index (χ3v) is 5.74. The summed E-state index contributed by atoms with van der Waals surface area (Å²) in [6, 6.07) is 12.6. The lowest BCUT2D eigenvalue weighted by Crippen LogP contribution is -2.43. The molecule has 0 aliphatic rings. The number of likely N-dealkylation sites (N-methyl/N-ethyl adjacent to an activating group) is 1. The van der Waals surface area contributed by atoms with Gasteiger partial charge < -0.3 is 10.2 Å². The smallest absolute Gasteiger partial charge is 0.243 e. The minimum absolute atomic E-state index is 0.183. The van der Waals surface area contributed by atoms with Gasteiger partial charge >= 0.3 is 0 Å². The Bertz CT molecular complexity index is 998. The van der Waals surface area contributed by atoms with Crippen LogP contribution in [0.2, 0.25) is 0 Å². The van der Waals surface area contributed by atoms with Crippen molar-refractivity contribution in [3.05, 3.63) is 59.2 Å². The van der Waals surface area contributed by atoms with Crippen LogP contribution in [0.3, 0.4) is 0 Å². The highest BCUT2D eigenvalue weighted by Gasteiger charge is 2.24. The second-order valence-electron chi connectivity index (χ2n) is 7.12. The molecular weight excluding hydrogens is 390 g/mol. The maximum atomic E-state index is 12.6. The molecule has 0 bridgehead atoms. The van der Waals surface area contributed by atoms with Gasteiger partial charge in [0.2, 0.25) is 21.8 Å². The van der Waals surface area contributed by atoms with E-state index in [4.69, 9.17) is 0 Å². The van der Waals surface area contributed by atoms with Crippen molar-refractivity contribution < 1.29 is 18.0 Å². The molecule has 0 aliphatic heterocycles. The van der Waals surface area contributed by atoms with Crippen LogP contribution in [0.1, 0.15) is 16.7 Å². The summed E-state index contributed by atoms with van der Waals surface area (Å²) in [6.45, 7) is 5.00. The summed E-state index contributed by atoms with van der Waals surface area (Å²) in [5.41, 5.74) is 3.75. The largest absolute Gasteiger partial charge is 0.335 e. The number of benzene rings is 2. The number of nitrogens with one attached hydrogen (secondary N) is 1. The van der Waals surface area contributed by atoms with E-state index in [1.165, 1.54) is 11.9 Å². The maximum absolute atomic E-state index is 12.6. The van der Waals surface area contributed by atoms with Crippen molar-refractivity contribution in [3.8, 4) is 0 Å². The van der Waals surface area contributed by atoms with Gasteiger partial charge in [-0.1, -0.05) is 36.4 Å². The second kappa shape index (κ2) is 9.09. The summed E-state index contributed by atoms with van der Waals surface area (Å²) in [5.74, 6) is -0.824. The standard InChI is InChI=1S/C21H27N3O4S/c1-15-9-6-7-12-18(15)24(29(5,27)28)14-20(26)23(4)13-19(25)22-21-16(2)10-8-11-17(21)3/h6-12H,13-14H2,1-5H3,(H,22,25). The molecule has 156 valence electrons. The first kappa shape index (κ1) is 22.4. The number of carbonyl (C=O) groups excluding carboxylic acids is 2. The number of aryl methyl sites for hydroxylation is 3. The van der Waals surface area contributed by atoms with Gasteiger partial charge in [-0.15, -0.1) is 0 Å². The Hall–Kier alpha value is -2.87. The Balaban J connectivity index is 2.10. The first-order chi connectivity index (χ1) is 13.5. The van der Waals surface area contributed by atoms with Gasteiger partial charge in [0.1, 0.15) is 6.54 Å². The van der Waals surface area contributed by atoms with Crippen LogP contribution in [-0.4, -0.2) is 51.5 Å². The van der Waals surface area contributed by atoms with E-state index in [0.717, 1.165) is 32.9 Å². The number of nitrogens with zero attached hydrogens (tertiary/aromatic N) is 2. The summed E-state index contributed by atoms with van der Waals surface area (Å²) >= 11 is 0. The Morgan fingerprint density at radius 1 is 0.897 bits per heavy atom. The highest BCUT2D eigenvalue weighted by Crippen LogP contribution is 2.22. The fourth-order valence-electron chi connectivity index (χ4n) is 2.96. The molecule has 0 saturated carbocycles. The molecule has 2 rings (SSSR count). The fraction of sp³-hybridized carbons (Fsp3) is 0.333. The SMILES string of the molecule is Cc1ccccc1N(CC(=O)N(C)CC(=O)Nc1c(C)cccc1C)S(C)(=O)=O. The Labute approximate surface area is 172 Å². The Morgan fingerprint density at radius 3 is 2.00 bits per heavy atom. The molecule has 7 nitrogen and oxygen atoms in total. The summed E-state index contributed by atoms with van der Waals surface area (Å²) in [6.07, 6.45) is 1.06. The van der Waals surface area contributed by atoms with Crippen molar-refractivity contribution >= 4 is 33.2 Å². The van der Waals surface area contributed by atoms with E-state index < -0.39 is 15.9 Å². The third kappa shape index (κ3) is 5.80. The van der Waals surface area contributed by atoms with E-state index >= 15 is 0 Å². The van der Waals surface area contributed by atoms with E-state index in [0.29, 0.717) is 5.69 Å². The molecule has 0 saturated heterocycles. The Kier molecular flexibility index (Phi) is 7.02. The van der Waals surface area contributed by atoms with Gasteiger partial charge in [0.25, 0.3) is 0 Å². The van der Waals surface area contributed by atoms with Crippen molar-refractivity contribution in [1.29, 1.82) is 0 Å². The lowest BCUT2D eigenvalue weighted by molar-refractivity contribution is -0.131. The summed E-state index contributed by atoms with van der Waals surface area (Å²) < 4.78 is 25.6. The highest BCUT2D eigenvalue weighted by molar-refractivity contribution is 7.92. The molecule has 29 heavy (non-hydrogen) atoms. The predicted octanol–water partition coefficient (Wildman–Crippen LogP) is 2.47. The number of amides is 2. The number of hydrogen-bond donors (Lipinski definition) is 1. The maximum Gasteiger partial charge on any atom is 0.243 e. The van der Waals surface area contributed by atoms with E-state index in [2.05, 4.69) is 5.32 Å². The molecule has 0 fully saturated rings. The van der Waals surface area contributed by atoms with Crippen LogP contribution in [0.5, 0.6) is 0 Å². The molecule has 2 aromatic rings. The molecule has 1 N–H and O–H groups in total. The van der Waals surface area contributed by atoms with Crippen LogP contribution in [0.4, 0.5) is 11.4 Å². The van der Waals surface area contributed by atoms with Crippen LogP contribution in [0.15, 0.2) is 42.5 Å². The van der Waals surface area contributed by atoms with E-state index in [1.54, 1.807) is 31.2 Å². The molecule has 0 aromatic heterocycles. The van der Waals surface area contributed by atoms with Crippen molar-refractivity contribution in [2.45, 2.75) is 20.8 Å². The highest BCUT2D eigenvalue weighted by atomic mass is 32.2. The van der Waals surface area contributed by atoms with Crippen molar-refractivity contribution in [2.75, 3.05) is 36.0 Å². The zero-order chi connectivity index (χ0) is 21.8. The average Bonchev–Trinajstić information content (AvgIpc) is 2.62. The van der Waals surface area contributed by atoms with Gasteiger partial charge in [0.15, 0.2) is 0 Å².